The van der Waals surface area contributed by atoms with Crippen LogP contribution >= 0.6 is 22.2 Å². The minimum atomic E-state index is -1.86. The van der Waals surface area contributed by atoms with E-state index >= 15 is 0 Å². The molecule has 0 saturated carbocycles. The van der Waals surface area contributed by atoms with Crippen LogP contribution in [0.15, 0.2) is 0 Å². The molecule has 0 bridgehead atoms. The highest BCUT2D eigenvalue weighted by Crippen LogP contribution is 1.95. The Morgan fingerprint density at radius 3 is 2.62 bits per heavy atom. The number of hydrogen-bond acceptors (Lipinski definition) is 1. The Bertz CT molecular complexity index is 104. The second-order valence-corrected chi connectivity index (χ2v) is 4.90. The van der Waals surface area contributed by atoms with Crippen molar-refractivity contribution in [3.05, 3.63) is 0 Å². The van der Waals surface area contributed by atoms with Gasteiger partial charge in [0.05, 0.1) is 6.61 Å². The van der Waals surface area contributed by atoms with Crippen LogP contribution in [-0.4, -0.2) is 14.3 Å². The molecule has 0 atom stereocenters. The Labute approximate surface area is 60.1 Å². The van der Waals surface area contributed by atoms with Gasteiger partial charge < -0.3 is 4.43 Å². The van der Waals surface area contributed by atoms with Gasteiger partial charge in [0, 0.05) is 0 Å². The summed E-state index contributed by atoms with van der Waals surface area (Å²) in [4.78, 5) is 0. The van der Waals surface area contributed by atoms with E-state index in [0.29, 0.717) is 6.61 Å². The minimum Gasteiger partial charge on any atom is -0.383 e. The summed E-state index contributed by atoms with van der Waals surface area (Å²) >= 11 is 10.7. The molecule has 0 N–H and O–H groups in total. The molecule has 0 aromatic rings. The van der Waals surface area contributed by atoms with Gasteiger partial charge in [-0.05, 0) is 6.92 Å². The molecule has 8 heavy (non-hydrogen) atoms. The maximum atomic E-state index is 5.33. The van der Waals surface area contributed by atoms with Crippen molar-refractivity contribution in [2.24, 2.45) is 0 Å². The van der Waals surface area contributed by atoms with E-state index < -0.39 is 7.66 Å². The average molecular weight is 169 g/mol. The zero-order valence-corrected chi connectivity index (χ0v) is 7.12. The molecule has 0 saturated heterocycles. The van der Waals surface area contributed by atoms with Crippen molar-refractivity contribution in [3.8, 4) is 11.8 Å². The minimum absolute atomic E-state index is 0.361. The summed E-state index contributed by atoms with van der Waals surface area (Å²) in [6.45, 7) is 2.10. The lowest BCUT2D eigenvalue weighted by atomic mass is 10.6. The van der Waals surface area contributed by atoms with Crippen molar-refractivity contribution < 1.29 is 4.43 Å². The van der Waals surface area contributed by atoms with Crippen molar-refractivity contribution in [1.29, 1.82) is 0 Å². The normalized spacial score (nSPS) is 8.50. The van der Waals surface area contributed by atoms with E-state index in [2.05, 4.69) is 11.8 Å². The lowest BCUT2D eigenvalue weighted by Crippen LogP contribution is -2.00. The molecule has 0 radical (unpaired) electrons. The van der Waals surface area contributed by atoms with E-state index in [9.17, 15) is 0 Å². The van der Waals surface area contributed by atoms with Gasteiger partial charge in [-0.3, -0.25) is 0 Å². The lowest BCUT2D eigenvalue weighted by Gasteiger charge is -1.93. The summed E-state index contributed by atoms with van der Waals surface area (Å²) < 4.78 is 4.78. The molecule has 1 nitrogen and oxygen atoms in total. The summed E-state index contributed by atoms with van der Waals surface area (Å²) in [5.41, 5.74) is 0. The molecule has 0 rings (SSSR count). The average Bonchev–Trinajstić information content (AvgIpc) is 1.66. The van der Waals surface area contributed by atoms with Crippen LogP contribution in [0.1, 0.15) is 6.92 Å². The number of halogens is 2. The molecule has 4 heteroatoms. The smallest absolute Gasteiger partial charge is 0.373 e. The first-order valence-corrected chi connectivity index (χ1v) is 6.03. The first-order chi connectivity index (χ1) is 3.77. The van der Waals surface area contributed by atoms with Gasteiger partial charge >= 0.3 is 7.66 Å². The molecule has 0 aromatic carbocycles. The highest BCUT2D eigenvalue weighted by Gasteiger charge is 1.97. The summed E-state index contributed by atoms with van der Waals surface area (Å²) in [5.74, 6) is 5.33. The molecule has 0 spiro atoms. The Morgan fingerprint density at radius 1 is 1.62 bits per heavy atom. The fourth-order valence-corrected chi connectivity index (χ4v) is 0.764. The van der Waals surface area contributed by atoms with Crippen molar-refractivity contribution >= 4 is 29.8 Å². The van der Waals surface area contributed by atoms with Gasteiger partial charge in [-0.1, -0.05) is 5.92 Å². The maximum Gasteiger partial charge on any atom is 0.373 e. The van der Waals surface area contributed by atoms with Gasteiger partial charge in [0.2, 0.25) is 0 Å². The van der Waals surface area contributed by atoms with Crippen molar-refractivity contribution in [2.45, 2.75) is 6.92 Å². The summed E-state index contributed by atoms with van der Waals surface area (Å²) in [6, 6.07) is 0. The molecule has 0 fully saturated rings. The molecule has 46 valence electrons. The third-order valence-electron chi connectivity index (χ3n) is 0.458. The topological polar surface area (TPSA) is 9.23 Å². The summed E-state index contributed by atoms with van der Waals surface area (Å²) in [5, 5.41) is 0. The third-order valence-corrected chi connectivity index (χ3v) is 1.63. The predicted octanol–water partition coefficient (Wildman–Crippen LogP) is 1.22. The van der Waals surface area contributed by atoms with Crippen LogP contribution in [0.5, 0.6) is 0 Å². The van der Waals surface area contributed by atoms with Gasteiger partial charge in [-0.2, -0.15) is 0 Å². The molecule has 0 amide bonds. The standard InChI is InChI=1S/C4H6Cl2OSi/c1-2-3-4-7-8(5)6/h8H,4H2,1H3. The summed E-state index contributed by atoms with van der Waals surface area (Å²) in [7, 11) is -1.86. The molecule has 0 aliphatic heterocycles. The van der Waals surface area contributed by atoms with Crippen LogP contribution in [0.4, 0.5) is 0 Å². The van der Waals surface area contributed by atoms with E-state index in [4.69, 9.17) is 26.6 Å². The third kappa shape index (κ3) is 6.32. The molecule has 0 unspecified atom stereocenters. The maximum absolute atomic E-state index is 5.33. The fraction of sp³-hybridized carbons (Fsp3) is 0.500. The van der Waals surface area contributed by atoms with Crippen molar-refractivity contribution in [1.82, 2.24) is 0 Å². The van der Waals surface area contributed by atoms with Crippen LogP contribution in [-0.2, 0) is 4.43 Å². The lowest BCUT2D eigenvalue weighted by molar-refractivity contribution is 0.399. The zero-order valence-electron chi connectivity index (χ0n) is 4.45. The van der Waals surface area contributed by atoms with Crippen LogP contribution in [0.2, 0.25) is 0 Å². The van der Waals surface area contributed by atoms with Crippen LogP contribution in [0, 0.1) is 11.8 Å². The van der Waals surface area contributed by atoms with Crippen LogP contribution in [0.3, 0.4) is 0 Å². The number of rotatable bonds is 2. The molecule has 0 aliphatic carbocycles. The Balaban J connectivity index is 3.01. The molecule has 0 heterocycles. The highest BCUT2D eigenvalue weighted by atomic mass is 35.7. The van der Waals surface area contributed by atoms with Crippen LogP contribution < -0.4 is 0 Å². The van der Waals surface area contributed by atoms with E-state index in [1.807, 2.05) is 0 Å². The zero-order chi connectivity index (χ0) is 6.41. The van der Waals surface area contributed by atoms with Gasteiger partial charge in [0.25, 0.3) is 0 Å². The molecular weight excluding hydrogens is 163 g/mol. The number of hydrogen-bond donors (Lipinski definition) is 0. The molecule has 0 aliphatic rings. The van der Waals surface area contributed by atoms with Crippen molar-refractivity contribution in [2.75, 3.05) is 6.61 Å². The summed E-state index contributed by atoms with van der Waals surface area (Å²) in [6.07, 6.45) is 0. The second kappa shape index (κ2) is 5.45. The van der Waals surface area contributed by atoms with Crippen molar-refractivity contribution in [3.63, 3.8) is 0 Å². The van der Waals surface area contributed by atoms with E-state index in [1.165, 1.54) is 0 Å². The Kier molecular flexibility index (Phi) is 5.67. The Hall–Kier alpha value is 0.317. The monoisotopic (exact) mass is 168 g/mol. The largest absolute Gasteiger partial charge is 0.383 e. The fourth-order valence-electron chi connectivity index (χ4n) is 0.177. The van der Waals surface area contributed by atoms with Gasteiger partial charge in [-0.25, -0.2) is 0 Å². The van der Waals surface area contributed by atoms with E-state index in [1.54, 1.807) is 6.92 Å². The SMILES string of the molecule is CC#CCO[SiH](Cl)Cl. The van der Waals surface area contributed by atoms with E-state index in [-0.39, 0.29) is 0 Å². The van der Waals surface area contributed by atoms with Gasteiger partial charge in [0.15, 0.2) is 0 Å². The molecular formula is C4H6Cl2OSi. The van der Waals surface area contributed by atoms with Gasteiger partial charge in [-0.15, -0.1) is 28.1 Å². The van der Waals surface area contributed by atoms with Gasteiger partial charge in [0.1, 0.15) is 0 Å². The second-order valence-electron chi connectivity index (χ2n) is 0.998. The first kappa shape index (κ1) is 8.32. The first-order valence-electron chi connectivity index (χ1n) is 2.06. The van der Waals surface area contributed by atoms with Crippen LogP contribution in [0.25, 0.3) is 0 Å². The Morgan fingerprint density at radius 2 is 2.25 bits per heavy atom. The quantitative estimate of drug-likeness (QED) is 0.343. The highest BCUT2D eigenvalue weighted by molar-refractivity contribution is 7.30. The predicted molar refractivity (Wildman–Crippen MR) is 38.3 cm³/mol. The molecule has 0 aromatic heterocycles. The van der Waals surface area contributed by atoms with E-state index in [0.717, 1.165) is 0 Å².